The lowest BCUT2D eigenvalue weighted by molar-refractivity contribution is -0.149. The van der Waals surface area contributed by atoms with E-state index in [0.717, 1.165) is 6.54 Å². The zero-order chi connectivity index (χ0) is 8.81. The summed E-state index contributed by atoms with van der Waals surface area (Å²) in [4.78, 5) is 11.2. The van der Waals surface area contributed by atoms with Crippen LogP contribution in [0.1, 0.15) is 6.92 Å². The van der Waals surface area contributed by atoms with Gasteiger partial charge in [0.1, 0.15) is 0 Å². The molecule has 12 heavy (non-hydrogen) atoms. The van der Waals surface area contributed by atoms with Crippen molar-refractivity contribution in [2.45, 2.75) is 6.92 Å². The van der Waals surface area contributed by atoms with E-state index in [-0.39, 0.29) is 11.9 Å². The van der Waals surface area contributed by atoms with Crippen molar-refractivity contribution < 1.29 is 14.3 Å². The van der Waals surface area contributed by atoms with E-state index in [0.29, 0.717) is 26.4 Å². The molecule has 0 saturated carbocycles. The summed E-state index contributed by atoms with van der Waals surface area (Å²) >= 11 is 0. The normalized spacial score (nSPS) is 24.6. The third-order valence-corrected chi connectivity index (χ3v) is 1.75. The first-order chi connectivity index (χ1) is 5.84. The molecule has 1 saturated heterocycles. The minimum Gasteiger partial charge on any atom is -0.466 e. The third-order valence-electron chi connectivity index (χ3n) is 1.75. The molecule has 1 aliphatic heterocycles. The van der Waals surface area contributed by atoms with Gasteiger partial charge in [0, 0.05) is 13.1 Å². The van der Waals surface area contributed by atoms with E-state index < -0.39 is 0 Å². The number of nitrogens with one attached hydrogen (secondary N) is 1. The molecular formula is C8H15NO3. The fraction of sp³-hybridized carbons (Fsp3) is 0.875. The number of hydrogen-bond acceptors (Lipinski definition) is 4. The van der Waals surface area contributed by atoms with Gasteiger partial charge in [-0.05, 0) is 6.92 Å². The minimum absolute atomic E-state index is 0.132. The Hall–Kier alpha value is -0.610. The first-order valence-corrected chi connectivity index (χ1v) is 4.29. The molecule has 1 fully saturated rings. The molecule has 0 aliphatic carbocycles. The van der Waals surface area contributed by atoms with E-state index in [1.807, 2.05) is 6.92 Å². The van der Waals surface area contributed by atoms with E-state index in [1.165, 1.54) is 0 Å². The van der Waals surface area contributed by atoms with E-state index in [4.69, 9.17) is 9.47 Å². The monoisotopic (exact) mass is 173 g/mol. The third kappa shape index (κ3) is 2.79. The summed E-state index contributed by atoms with van der Waals surface area (Å²) < 4.78 is 10.1. The van der Waals surface area contributed by atoms with Gasteiger partial charge in [-0.15, -0.1) is 0 Å². The number of esters is 1. The predicted octanol–water partition coefficient (Wildman–Crippen LogP) is -0.215. The molecule has 0 aromatic heterocycles. The van der Waals surface area contributed by atoms with Gasteiger partial charge >= 0.3 is 5.97 Å². The van der Waals surface area contributed by atoms with Gasteiger partial charge in [-0.3, -0.25) is 4.79 Å². The van der Waals surface area contributed by atoms with Gasteiger partial charge < -0.3 is 14.8 Å². The fourth-order valence-corrected chi connectivity index (χ4v) is 1.12. The molecule has 0 amide bonds. The SMILES string of the molecule is CCOC(=O)C1CNCCOC1. The van der Waals surface area contributed by atoms with Crippen molar-refractivity contribution in [3.8, 4) is 0 Å². The van der Waals surface area contributed by atoms with Crippen LogP contribution in [0.25, 0.3) is 0 Å². The summed E-state index contributed by atoms with van der Waals surface area (Å²) in [5.74, 6) is -0.292. The van der Waals surface area contributed by atoms with E-state index in [2.05, 4.69) is 5.32 Å². The van der Waals surface area contributed by atoms with Crippen molar-refractivity contribution in [2.24, 2.45) is 5.92 Å². The zero-order valence-corrected chi connectivity index (χ0v) is 7.34. The van der Waals surface area contributed by atoms with Gasteiger partial charge in [0.15, 0.2) is 0 Å². The molecule has 1 N–H and O–H groups in total. The molecule has 4 nitrogen and oxygen atoms in total. The molecule has 0 spiro atoms. The molecule has 1 heterocycles. The summed E-state index contributed by atoms with van der Waals surface area (Å²) in [6, 6.07) is 0. The fourth-order valence-electron chi connectivity index (χ4n) is 1.12. The topological polar surface area (TPSA) is 47.6 Å². The summed E-state index contributed by atoms with van der Waals surface area (Å²) in [5, 5.41) is 3.11. The number of hydrogen-bond donors (Lipinski definition) is 1. The smallest absolute Gasteiger partial charge is 0.312 e. The molecule has 1 rings (SSSR count). The van der Waals surface area contributed by atoms with Crippen LogP contribution >= 0.6 is 0 Å². The maximum absolute atomic E-state index is 11.2. The maximum Gasteiger partial charge on any atom is 0.312 e. The van der Waals surface area contributed by atoms with Crippen LogP contribution in [0.4, 0.5) is 0 Å². The van der Waals surface area contributed by atoms with Crippen molar-refractivity contribution >= 4 is 5.97 Å². The van der Waals surface area contributed by atoms with Crippen LogP contribution < -0.4 is 5.32 Å². The largest absolute Gasteiger partial charge is 0.466 e. The molecule has 0 bridgehead atoms. The molecule has 0 radical (unpaired) electrons. The Balaban J connectivity index is 2.32. The standard InChI is InChI=1S/C8H15NO3/c1-2-12-8(10)7-5-9-3-4-11-6-7/h7,9H,2-6H2,1H3. The van der Waals surface area contributed by atoms with Gasteiger partial charge in [0.2, 0.25) is 0 Å². The van der Waals surface area contributed by atoms with Crippen LogP contribution in [0.5, 0.6) is 0 Å². The Kier molecular flexibility index (Phi) is 4.04. The molecule has 1 aliphatic rings. The minimum atomic E-state index is -0.160. The number of rotatable bonds is 2. The van der Waals surface area contributed by atoms with Crippen molar-refractivity contribution in [1.82, 2.24) is 5.32 Å². The van der Waals surface area contributed by atoms with Gasteiger partial charge in [0.25, 0.3) is 0 Å². The molecule has 1 atom stereocenters. The number of carbonyl (C=O) groups excluding carboxylic acids is 1. The van der Waals surface area contributed by atoms with Crippen LogP contribution in [0, 0.1) is 5.92 Å². The van der Waals surface area contributed by atoms with Crippen molar-refractivity contribution in [2.75, 3.05) is 32.9 Å². The predicted molar refractivity (Wildman–Crippen MR) is 43.8 cm³/mol. The van der Waals surface area contributed by atoms with Gasteiger partial charge in [-0.2, -0.15) is 0 Å². The van der Waals surface area contributed by atoms with Crippen LogP contribution in [0.3, 0.4) is 0 Å². The molecule has 0 aromatic carbocycles. The number of ether oxygens (including phenoxy) is 2. The quantitative estimate of drug-likeness (QED) is 0.587. The van der Waals surface area contributed by atoms with Crippen LogP contribution in [0.2, 0.25) is 0 Å². The zero-order valence-electron chi connectivity index (χ0n) is 7.34. The summed E-state index contributed by atoms with van der Waals surface area (Å²) in [6.07, 6.45) is 0. The van der Waals surface area contributed by atoms with Crippen molar-refractivity contribution in [3.63, 3.8) is 0 Å². The van der Waals surface area contributed by atoms with Gasteiger partial charge in [-0.25, -0.2) is 0 Å². The highest BCUT2D eigenvalue weighted by Gasteiger charge is 2.21. The average molecular weight is 173 g/mol. The molecule has 1 unspecified atom stereocenters. The first-order valence-electron chi connectivity index (χ1n) is 4.29. The first kappa shape index (κ1) is 9.48. The van der Waals surface area contributed by atoms with E-state index >= 15 is 0 Å². The van der Waals surface area contributed by atoms with Gasteiger partial charge in [-0.1, -0.05) is 0 Å². The lowest BCUT2D eigenvalue weighted by atomic mass is 10.1. The second-order valence-electron chi connectivity index (χ2n) is 2.73. The Bertz CT molecular complexity index is 141. The Labute approximate surface area is 72.2 Å². The summed E-state index contributed by atoms with van der Waals surface area (Å²) in [6.45, 7) is 4.88. The molecule has 4 heteroatoms. The van der Waals surface area contributed by atoms with Crippen LogP contribution in [0.15, 0.2) is 0 Å². The lowest BCUT2D eigenvalue weighted by Gasteiger charge is -2.11. The van der Waals surface area contributed by atoms with Gasteiger partial charge in [0.05, 0.1) is 25.7 Å². The maximum atomic E-state index is 11.2. The Morgan fingerprint density at radius 3 is 3.33 bits per heavy atom. The van der Waals surface area contributed by atoms with Crippen molar-refractivity contribution in [3.05, 3.63) is 0 Å². The highest BCUT2D eigenvalue weighted by molar-refractivity contribution is 5.72. The average Bonchev–Trinajstić information content (AvgIpc) is 2.32. The summed E-state index contributed by atoms with van der Waals surface area (Å²) in [5.41, 5.74) is 0. The highest BCUT2D eigenvalue weighted by Crippen LogP contribution is 2.02. The number of carbonyl (C=O) groups is 1. The van der Waals surface area contributed by atoms with Crippen LogP contribution in [-0.4, -0.2) is 38.9 Å². The van der Waals surface area contributed by atoms with Crippen LogP contribution in [-0.2, 0) is 14.3 Å². The molecular weight excluding hydrogens is 158 g/mol. The second-order valence-corrected chi connectivity index (χ2v) is 2.73. The lowest BCUT2D eigenvalue weighted by Crippen LogP contribution is -2.30. The summed E-state index contributed by atoms with van der Waals surface area (Å²) in [7, 11) is 0. The van der Waals surface area contributed by atoms with E-state index in [9.17, 15) is 4.79 Å². The Morgan fingerprint density at radius 2 is 2.58 bits per heavy atom. The molecule has 70 valence electrons. The second kappa shape index (κ2) is 5.11. The van der Waals surface area contributed by atoms with Crippen molar-refractivity contribution in [1.29, 1.82) is 0 Å². The highest BCUT2D eigenvalue weighted by atomic mass is 16.5. The van der Waals surface area contributed by atoms with E-state index in [1.54, 1.807) is 0 Å². The molecule has 0 aromatic rings. The Morgan fingerprint density at radius 1 is 1.75 bits per heavy atom.